The number of hydrogen-bond acceptors (Lipinski definition) is 8. The highest BCUT2D eigenvalue weighted by molar-refractivity contribution is 7.99. The predicted molar refractivity (Wildman–Crippen MR) is 118 cm³/mol. The van der Waals surface area contributed by atoms with E-state index in [1.165, 1.54) is 38.4 Å². The molecule has 0 unspecified atom stereocenters. The topological polar surface area (TPSA) is 115 Å². The minimum atomic E-state index is -3.51. The van der Waals surface area contributed by atoms with Gasteiger partial charge in [-0.3, -0.25) is 4.79 Å². The van der Waals surface area contributed by atoms with Crippen molar-refractivity contribution < 1.29 is 22.4 Å². The van der Waals surface area contributed by atoms with Gasteiger partial charge in [-0.2, -0.15) is 0 Å². The van der Waals surface area contributed by atoms with Crippen LogP contribution in [-0.2, 0) is 14.8 Å². The Labute approximate surface area is 184 Å². The van der Waals surface area contributed by atoms with Crippen LogP contribution in [0.4, 0.5) is 5.69 Å². The number of aromatic nitrogens is 2. The first-order valence-corrected chi connectivity index (χ1v) is 11.7. The molecule has 2 aromatic carbocycles. The maximum absolute atomic E-state index is 12.2. The zero-order valence-corrected chi connectivity index (χ0v) is 18.9. The van der Waals surface area contributed by atoms with Gasteiger partial charge in [0, 0.05) is 25.3 Å². The van der Waals surface area contributed by atoms with Gasteiger partial charge < -0.3 is 14.5 Å². The fourth-order valence-corrected chi connectivity index (χ4v) is 3.96. The van der Waals surface area contributed by atoms with Crippen molar-refractivity contribution in [3.63, 3.8) is 0 Å². The zero-order chi connectivity index (χ0) is 22.4. The van der Waals surface area contributed by atoms with Crippen molar-refractivity contribution in [2.24, 2.45) is 0 Å². The number of nitrogens with zero attached hydrogens (tertiary/aromatic N) is 3. The molecule has 3 aromatic rings. The first kappa shape index (κ1) is 22.8. The van der Waals surface area contributed by atoms with E-state index in [0.717, 1.165) is 27.4 Å². The molecule has 0 bridgehead atoms. The van der Waals surface area contributed by atoms with E-state index in [4.69, 9.17) is 9.15 Å². The second kappa shape index (κ2) is 9.94. The highest BCUT2D eigenvalue weighted by Gasteiger charge is 2.17. The first-order valence-electron chi connectivity index (χ1n) is 9.31. The van der Waals surface area contributed by atoms with Crippen molar-refractivity contribution in [3.05, 3.63) is 48.5 Å². The Hall–Kier alpha value is -2.89. The van der Waals surface area contributed by atoms with Crippen molar-refractivity contribution in [1.82, 2.24) is 14.5 Å². The van der Waals surface area contributed by atoms with Crippen LogP contribution in [0.3, 0.4) is 0 Å². The molecule has 0 aliphatic rings. The number of amides is 1. The number of benzene rings is 2. The monoisotopic (exact) mass is 462 g/mol. The van der Waals surface area contributed by atoms with Crippen LogP contribution in [0, 0.1) is 0 Å². The third-order valence-corrected chi connectivity index (χ3v) is 6.71. The molecule has 0 atom stereocenters. The maximum atomic E-state index is 12.2. The summed E-state index contributed by atoms with van der Waals surface area (Å²) < 4.78 is 36.3. The van der Waals surface area contributed by atoms with Gasteiger partial charge in [0.15, 0.2) is 0 Å². The van der Waals surface area contributed by atoms with Gasteiger partial charge in [0.1, 0.15) is 5.75 Å². The van der Waals surface area contributed by atoms with Gasteiger partial charge in [-0.25, -0.2) is 12.7 Å². The molecule has 0 saturated carbocycles. The number of nitrogens with one attached hydrogen (secondary N) is 1. The summed E-state index contributed by atoms with van der Waals surface area (Å²) in [6.45, 7) is 2.50. The Morgan fingerprint density at radius 2 is 1.77 bits per heavy atom. The molecule has 11 heteroatoms. The number of hydrogen-bond donors (Lipinski definition) is 1. The normalized spacial score (nSPS) is 11.5. The van der Waals surface area contributed by atoms with Gasteiger partial charge in [-0.1, -0.05) is 11.8 Å². The minimum absolute atomic E-state index is 0.0582. The molecule has 164 valence electrons. The third-order valence-electron chi connectivity index (χ3n) is 4.06. The van der Waals surface area contributed by atoms with E-state index in [1.807, 2.05) is 31.2 Å². The van der Waals surface area contributed by atoms with Gasteiger partial charge in [0.2, 0.25) is 21.8 Å². The lowest BCUT2D eigenvalue weighted by molar-refractivity contribution is -0.113. The summed E-state index contributed by atoms with van der Waals surface area (Å²) in [5, 5.41) is 10.9. The summed E-state index contributed by atoms with van der Waals surface area (Å²) in [7, 11) is -0.594. The van der Waals surface area contributed by atoms with Gasteiger partial charge in [-0.05, 0) is 55.5 Å². The van der Waals surface area contributed by atoms with Crippen LogP contribution in [-0.4, -0.2) is 55.3 Å². The number of ether oxygens (including phenoxy) is 1. The summed E-state index contributed by atoms with van der Waals surface area (Å²) in [5.74, 6) is 0.880. The Kier molecular flexibility index (Phi) is 7.31. The fraction of sp³-hybridized carbons (Fsp3) is 0.250. The number of carbonyl (C=O) groups excluding carboxylic acids is 1. The molecule has 0 radical (unpaired) electrons. The number of rotatable bonds is 9. The molecule has 9 nitrogen and oxygen atoms in total. The number of sulfonamides is 1. The van der Waals surface area contributed by atoms with Gasteiger partial charge in [0.25, 0.3) is 5.22 Å². The molecule has 1 aromatic heterocycles. The van der Waals surface area contributed by atoms with Crippen LogP contribution in [0.25, 0.3) is 11.5 Å². The van der Waals surface area contributed by atoms with Crippen LogP contribution in [0.1, 0.15) is 6.92 Å². The average molecular weight is 463 g/mol. The van der Waals surface area contributed by atoms with E-state index < -0.39 is 10.0 Å². The van der Waals surface area contributed by atoms with E-state index >= 15 is 0 Å². The molecule has 0 spiro atoms. The predicted octanol–water partition coefficient (Wildman–Crippen LogP) is 3.12. The molecule has 0 fully saturated rings. The number of thioether (sulfide) groups is 1. The lowest BCUT2D eigenvalue weighted by atomic mass is 10.2. The van der Waals surface area contributed by atoms with Crippen LogP contribution in [0.2, 0.25) is 0 Å². The van der Waals surface area contributed by atoms with Gasteiger partial charge >= 0.3 is 0 Å². The summed E-state index contributed by atoms with van der Waals surface area (Å²) in [6.07, 6.45) is 0. The molecule has 3 rings (SSSR count). The van der Waals surface area contributed by atoms with Crippen LogP contribution in [0.15, 0.2) is 63.1 Å². The average Bonchev–Trinajstić information content (AvgIpc) is 3.22. The van der Waals surface area contributed by atoms with Crippen molar-refractivity contribution in [3.8, 4) is 17.2 Å². The van der Waals surface area contributed by atoms with Crippen LogP contribution < -0.4 is 10.1 Å². The van der Waals surface area contributed by atoms with Crippen LogP contribution >= 0.6 is 11.8 Å². The smallest absolute Gasteiger partial charge is 0.277 e. The highest BCUT2D eigenvalue weighted by atomic mass is 32.2. The molecular weight excluding hydrogens is 440 g/mol. The largest absolute Gasteiger partial charge is 0.494 e. The molecule has 1 N–H and O–H groups in total. The standard InChI is InChI=1S/C20H22N4O5S2/c1-4-28-16-9-5-14(6-10-16)19-22-23-20(29-19)30-13-18(25)21-15-7-11-17(12-8-15)31(26,27)24(2)3/h5-12H,4,13H2,1-3H3,(H,21,25). The second-order valence-electron chi connectivity index (χ2n) is 6.48. The van der Waals surface area contributed by atoms with Gasteiger partial charge in [0.05, 0.1) is 17.3 Å². The minimum Gasteiger partial charge on any atom is -0.494 e. The summed E-state index contributed by atoms with van der Waals surface area (Å²) >= 11 is 1.11. The second-order valence-corrected chi connectivity index (χ2v) is 9.56. The van der Waals surface area contributed by atoms with Crippen LogP contribution in [0.5, 0.6) is 5.75 Å². The third kappa shape index (κ3) is 5.84. The van der Waals surface area contributed by atoms with Crippen molar-refractivity contribution in [2.75, 3.05) is 31.8 Å². The SMILES string of the molecule is CCOc1ccc(-c2nnc(SCC(=O)Nc3ccc(S(=O)(=O)N(C)C)cc3)o2)cc1. The molecule has 0 aliphatic heterocycles. The molecule has 0 saturated heterocycles. The first-order chi connectivity index (χ1) is 14.8. The quantitative estimate of drug-likeness (QED) is 0.483. The molecule has 1 heterocycles. The Morgan fingerprint density at radius 3 is 2.39 bits per heavy atom. The van der Waals surface area contributed by atoms with E-state index in [1.54, 1.807) is 0 Å². The van der Waals surface area contributed by atoms with E-state index in [9.17, 15) is 13.2 Å². The lowest BCUT2D eigenvalue weighted by Crippen LogP contribution is -2.22. The molecular formula is C20H22N4O5S2. The number of carbonyl (C=O) groups is 1. The Bertz CT molecular complexity index is 1130. The highest BCUT2D eigenvalue weighted by Crippen LogP contribution is 2.25. The van der Waals surface area contributed by atoms with E-state index in [0.29, 0.717) is 18.2 Å². The van der Waals surface area contributed by atoms with Crippen molar-refractivity contribution in [1.29, 1.82) is 0 Å². The zero-order valence-electron chi connectivity index (χ0n) is 17.2. The Balaban J connectivity index is 1.54. The fourth-order valence-electron chi connectivity index (χ4n) is 2.49. The molecule has 31 heavy (non-hydrogen) atoms. The molecule has 1 amide bonds. The van der Waals surface area contributed by atoms with E-state index in [-0.39, 0.29) is 21.8 Å². The number of anilines is 1. The summed E-state index contributed by atoms with van der Waals surface area (Å²) in [6, 6.07) is 13.2. The van der Waals surface area contributed by atoms with Crippen molar-refractivity contribution in [2.45, 2.75) is 17.0 Å². The summed E-state index contributed by atoms with van der Waals surface area (Å²) in [5.41, 5.74) is 1.24. The summed E-state index contributed by atoms with van der Waals surface area (Å²) in [4.78, 5) is 12.3. The molecule has 0 aliphatic carbocycles. The Morgan fingerprint density at radius 1 is 1.10 bits per heavy atom. The maximum Gasteiger partial charge on any atom is 0.277 e. The van der Waals surface area contributed by atoms with Crippen molar-refractivity contribution >= 4 is 33.4 Å². The van der Waals surface area contributed by atoms with E-state index in [2.05, 4.69) is 15.5 Å². The van der Waals surface area contributed by atoms with Gasteiger partial charge in [-0.15, -0.1) is 10.2 Å². The lowest BCUT2D eigenvalue weighted by Gasteiger charge is -2.11.